The summed E-state index contributed by atoms with van der Waals surface area (Å²) in [5.74, 6) is 0. The maximum absolute atomic E-state index is 9.27. The van der Waals surface area contributed by atoms with Crippen LogP contribution in [0.1, 0.15) is 26.7 Å². The van der Waals surface area contributed by atoms with Gasteiger partial charge in [0.1, 0.15) is 0 Å². The smallest absolute Gasteiger partial charge is 0.0800 e. The fourth-order valence-electron chi connectivity index (χ4n) is 0.844. The van der Waals surface area contributed by atoms with Crippen molar-refractivity contribution in [3.63, 3.8) is 0 Å². The van der Waals surface area contributed by atoms with Crippen LogP contribution in [0.25, 0.3) is 0 Å². The summed E-state index contributed by atoms with van der Waals surface area (Å²) in [5.41, 5.74) is 0.649. The third kappa shape index (κ3) is 0.920. The maximum Gasteiger partial charge on any atom is 0.0800 e. The van der Waals surface area contributed by atoms with Crippen LogP contribution in [-0.4, -0.2) is 10.7 Å². The van der Waals surface area contributed by atoms with Gasteiger partial charge in [0.25, 0.3) is 0 Å². The van der Waals surface area contributed by atoms with Crippen LogP contribution in [0, 0.1) is 0 Å². The first-order valence-electron chi connectivity index (χ1n) is 3.02. The number of hydrogen-bond acceptors (Lipinski definition) is 1. The van der Waals surface area contributed by atoms with E-state index in [1.54, 1.807) is 0 Å². The Bertz CT molecular complexity index is 117. The van der Waals surface area contributed by atoms with Gasteiger partial charge < -0.3 is 5.11 Å². The van der Waals surface area contributed by atoms with Crippen LogP contribution in [0.5, 0.6) is 0 Å². The second kappa shape index (κ2) is 1.59. The van der Waals surface area contributed by atoms with E-state index >= 15 is 0 Å². The topological polar surface area (TPSA) is 20.2 Å². The van der Waals surface area contributed by atoms with Crippen molar-refractivity contribution in [2.75, 3.05) is 0 Å². The molecule has 0 spiro atoms. The summed E-state index contributed by atoms with van der Waals surface area (Å²) in [6, 6.07) is 0. The van der Waals surface area contributed by atoms with E-state index in [0.717, 1.165) is 12.8 Å². The van der Waals surface area contributed by atoms with E-state index in [1.807, 2.05) is 13.8 Å². The van der Waals surface area contributed by atoms with E-state index in [9.17, 15) is 5.11 Å². The van der Waals surface area contributed by atoms with Gasteiger partial charge in [-0.2, -0.15) is 0 Å². The molecule has 0 aromatic carbocycles. The van der Waals surface area contributed by atoms with Crippen LogP contribution in [0.2, 0.25) is 0 Å². The minimum absolute atomic E-state index is 0.543. The molecule has 46 valence electrons. The molecule has 0 fully saturated rings. The Hall–Kier alpha value is -0.300. The zero-order chi connectivity index (χ0) is 6.20. The van der Waals surface area contributed by atoms with Crippen LogP contribution >= 0.6 is 0 Å². The molecule has 1 N–H and O–H groups in total. The number of allylic oxidation sites excluding steroid dienone is 1. The van der Waals surface area contributed by atoms with E-state index in [-0.39, 0.29) is 0 Å². The van der Waals surface area contributed by atoms with Crippen molar-refractivity contribution in [3.05, 3.63) is 11.6 Å². The highest BCUT2D eigenvalue weighted by Gasteiger charge is 2.22. The highest BCUT2D eigenvalue weighted by molar-refractivity contribution is 5.21. The van der Waals surface area contributed by atoms with Gasteiger partial charge in [-0.1, -0.05) is 6.08 Å². The molecule has 0 radical (unpaired) electrons. The molecule has 1 rings (SSSR count). The Morgan fingerprint density at radius 1 is 1.62 bits per heavy atom. The normalized spacial score (nSPS) is 19.6. The summed E-state index contributed by atoms with van der Waals surface area (Å²) in [6.07, 6.45) is 4.34. The lowest BCUT2D eigenvalue weighted by Crippen LogP contribution is -2.24. The van der Waals surface area contributed by atoms with E-state index in [1.165, 1.54) is 5.57 Å². The predicted molar refractivity (Wildman–Crippen MR) is 33.6 cm³/mol. The molecule has 0 unspecified atom stereocenters. The van der Waals surface area contributed by atoms with Crippen molar-refractivity contribution in [1.29, 1.82) is 0 Å². The quantitative estimate of drug-likeness (QED) is 0.509. The van der Waals surface area contributed by atoms with Gasteiger partial charge in [-0.3, -0.25) is 0 Å². The summed E-state index contributed by atoms with van der Waals surface area (Å²) in [7, 11) is 0. The Kier molecular flexibility index (Phi) is 1.16. The molecule has 1 heteroatoms. The summed E-state index contributed by atoms with van der Waals surface area (Å²) < 4.78 is 0. The van der Waals surface area contributed by atoms with E-state index in [4.69, 9.17) is 0 Å². The Morgan fingerprint density at radius 2 is 2.12 bits per heavy atom. The van der Waals surface area contributed by atoms with Crippen LogP contribution in [0.4, 0.5) is 0 Å². The molecule has 1 nitrogen and oxygen atoms in total. The van der Waals surface area contributed by atoms with Crippen LogP contribution in [0.15, 0.2) is 11.6 Å². The molecular formula is C7H12O. The molecule has 0 atom stereocenters. The molecule has 0 amide bonds. The molecule has 1 aliphatic rings. The van der Waals surface area contributed by atoms with Crippen molar-refractivity contribution in [2.45, 2.75) is 32.3 Å². The van der Waals surface area contributed by atoms with Crippen molar-refractivity contribution >= 4 is 0 Å². The minimum atomic E-state index is -0.543. The molecule has 1 aliphatic carbocycles. The fraction of sp³-hybridized carbons (Fsp3) is 0.714. The molecular weight excluding hydrogens is 100 g/mol. The maximum atomic E-state index is 9.27. The lowest BCUT2D eigenvalue weighted by molar-refractivity contribution is 0.111. The average Bonchev–Trinajstić information content (AvgIpc) is 1.16. The zero-order valence-corrected chi connectivity index (χ0v) is 5.44. The zero-order valence-electron chi connectivity index (χ0n) is 5.44. The highest BCUT2D eigenvalue weighted by atomic mass is 16.3. The SMILES string of the molecule is CC(C)(O)C1=CCC1. The Morgan fingerprint density at radius 3 is 2.12 bits per heavy atom. The molecule has 0 aliphatic heterocycles. The minimum Gasteiger partial charge on any atom is -0.386 e. The van der Waals surface area contributed by atoms with E-state index in [0.29, 0.717) is 0 Å². The van der Waals surface area contributed by atoms with Crippen molar-refractivity contribution in [3.8, 4) is 0 Å². The average molecular weight is 112 g/mol. The Balaban J connectivity index is 2.59. The molecule has 8 heavy (non-hydrogen) atoms. The molecule has 0 bridgehead atoms. The number of aliphatic hydroxyl groups is 1. The van der Waals surface area contributed by atoms with Gasteiger partial charge in [0.15, 0.2) is 0 Å². The van der Waals surface area contributed by atoms with Gasteiger partial charge in [0.05, 0.1) is 5.60 Å². The summed E-state index contributed by atoms with van der Waals surface area (Å²) >= 11 is 0. The van der Waals surface area contributed by atoms with Gasteiger partial charge in [0.2, 0.25) is 0 Å². The number of rotatable bonds is 1. The first kappa shape index (κ1) is 5.83. The Labute approximate surface area is 50.0 Å². The summed E-state index contributed by atoms with van der Waals surface area (Å²) in [6.45, 7) is 3.66. The monoisotopic (exact) mass is 112 g/mol. The standard InChI is InChI=1S/C7H12O/c1-7(2,8)6-4-3-5-6/h4,8H,3,5H2,1-2H3. The van der Waals surface area contributed by atoms with Crippen LogP contribution < -0.4 is 0 Å². The summed E-state index contributed by atoms with van der Waals surface area (Å²) in [4.78, 5) is 0. The molecule has 0 aromatic rings. The second-order valence-electron chi connectivity index (χ2n) is 2.83. The van der Waals surface area contributed by atoms with Crippen molar-refractivity contribution in [2.24, 2.45) is 0 Å². The molecule has 0 heterocycles. The van der Waals surface area contributed by atoms with E-state index in [2.05, 4.69) is 6.08 Å². The lowest BCUT2D eigenvalue weighted by atomic mass is 9.86. The molecule has 0 saturated carbocycles. The van der Waals surface area contributed by atoms with Gasteiger partial charge >= 0.3 is 0 Å². The highest BCUT2D eigenvalue weighted by Crippen LogP contribution is 2.28. The van der Waals surface area contributed by atoms with Gasteiger partial charge in [-0.15, -0.1) is 0 Å². The van der Waals surface area contributed by atoms with Gasteiger partial charge in [-0.25, -0.2) is 0 Å². The molecule has 0 aromatic heterocycles. The van der Waals surface area contributed by atoms with E-state index < -0.39 is 5.60 Å². The van der Waals surface area contributed by atoms with Crippen molar-refractivity contribution < 1.29 is 5.11 Å². The summed E-state index contributed by atoms with van der Waals surface area (Å²) in [5, 5.41) is 9.27. The molecule has 0 saturated heterocycles. The number of hydrogen-bond donors (Lipinski definition) is 1. The first-order chi connectivity index (χ1) is 3.61. The third-order valence-electron chi connectivity index (χ3n) is 1.59. The lowest BCUT2D eigenvalue weighted by Gasteiger charge is -2.26. The first-order valence-corrected chi connectivity index (χ1v) is 3.02. The van der Waals surface area contributed by atoms with Gasteiger partial charge in [0, 0.05) is 0 Å². The van der Waals surface area contributed by atoms with Gasteiger partial charge in [-0.05, 0) is 32.3 Å². The largest absolute Gasteiger partial charge is 0.386 e. The van der Waals surface area contributed by atoms with Crippen LogP contribution in [-0.2, 0) is 0 Å². The second-order valence-corrected chi connectivity index (χ2v) is 2.83. The third-order valence-corrected chi connectivity index (χ3v) is 1.59. The van der Waals surface area contributed by atoms with Crippen molar-refractivity contribution in [1.82, 2.24) is 0 Å². The predicted octanol–water partition coefficient (Wildman–Crippen LogP) is 1.48. The fourth-order valence-corrected chi connectivity index (χ4v) is 0.844. The van der Waals surface area contributed by atoms with Crippen LogP contribution in [0.3, 0.4) is 0 Å².